The summed E-state index contributed by atoms with van der Waals surface area (Å²) < 4.78 is 5.44. The van der Waals surface area contributed by atoms with Gasteiger partial charge in [0.2, 0.25) is 0 Å². The van der Waals surface area contributed by atoms with E-state index in [2.05, 4.69) is 28.1 Å². The van der Waals surface area contributed by atoms with Crippen molar-refractivity contribution in [2.24, 2.45) is 0 Å². The number of aromatic amines is 1. The van der Waals surface area contributed by atoms with Gasteiger partial charge in [0.1, 0.15) is 11.5 Å². The molecule has 1 fully saturated rings. The fourth-order valence-electron chi connectivity index (χ4n) is 3.69. The first-order chi connectivity index (χ1) is 12.1. The van der Waals surface area contributed by atoms with E-state index in [9.17, 15) is 4.79 Å². The van der Waals surface area contributed by atoms with Crippen LogP contribution in [0, 0.1) is 0 Å². The quantitative estimate of drug-likeness (QED) is 0.896. The summed E-state index contributed by atoms with van der Waals surface area (Å²) in [7, 11) is 1.87. The highest BCUT2D eigenvalue weighted by Crippen LogP contribution is 2.36. The number of hydrogen-bond donors (Lipinski definition) is 1. The van der Waals surface area contributed by atoms with Gasteiger partial charge in [0.25, 0.3) is 5.91 Å². The van der Waals surface area contributed by atoms with E-state index in [-0.39, 0.29) is 11.8 Å². The highest BCUT2D eigenvalue weighted by atomic mass is 35.5. The molecule has 0 spiro atoms. The first-order valence-electron chi connectivity index (χ1n) is 8.70. The van der Waals surface area contributed by atoms with Gasteiger partial charge < -0.3 is 19.5 Å². The molecule has 2 aliphatic heterocycles. The normalized spacial score (nSPS) is 21.2. The molecule has 1 N–H and O–H groups in total. The van der Waals surface area contributed by atoms with Gasteiger partial charge in [-0.25, -0.2) is 0 Å². The van der Waals surface area contributed by atoms with Crippen molar-refractivity contribution in [3.8, 4) is 0 Å². The van der Waals surface area contributed by atoms with Crippen molar-refractivity contribution in [2.45, 2.75) is 12.3 Å². The zero-order chi connectivity index (χ0) is 17.4. The number of fused-ring (bicyclic) bond motifs is 1. The number of morpholine rings is 1. The molecule has 132 valence electrons. The van der Waals surface area contributed by atoms with E-state index in [0.29, 0.717) is 5.69 Å². The molecule has 25 heavy (non-hydrogen) atoms. The van der Waals surface area contributed by atoms with Crippen LogP contribution in [-0.2, 0) is 4.74 Å². The van der Waals surface area contributed by atoms with E-state index >= 15 is 0 Å². The van der Waals surface area contributed by atoms with Crippen LogP contribution in [0.15, 0.2) is 30.3 Å². The number of hydrogen-bond acceptors (Lipinski definition) is 3. The summed E-state index contributed by atoms with van der Waals surface area (Å²) in [6, 6.07) is 10.1. The number of benzene rings is 1. The molecule has 4 rings (SSSR count). The van der Waals surface area contributed by atoms with Gasteiger partial charge in [-0.1, -0.05) is 23.7 Å². The van der Waals surface area contributed by atoms with E-state index in [0.717, 1.165) is 55.7 Å². The molecule has 0 bridgehead atoms. The number of amides is 1. The van der Waals surface area contributed by atoms with Gasteiger partial charge in [0.15, 0.2) is 0 Å². The lowest BCUT2D eigenvalue weighted by Gasteiger charge is -2.27. The van der Waals surface area contributed by atoms with Crippen molar-refractivity contribution in [3.63, 3.8) is 0 Å². The number of aromatic nitrogens is 1. The van der Waals surface area contributed by atoms with Crippen LogP contribution >= 0.6 is 11.6 Å². The Hall–Kier alpha value is -1.98. The molecule has 0 saturated carbocycles. The molecule has 5 nitrogen and oxygen atoms in total. The maximum absolute atomic E-state index is 12.8. The number of H-pyrrole nitrogens is 1. The summed E-state index contributed by atoms with van der Waals surface area (Å²) in [6.45, 7) is 3.86. The van der Waals surface area contributed by atoms with E-state index in [4.69, 9.17) is 16.3 Å². The molecule has 1 amide bonds. The smallest absolute Gasteiger partial charge is 0.270 e. The molecule has 3 heterocycles. The van der Waals surface area contributed by atoms with Crippen LogP contribution in [0.5, 0.6) is 0 Å². The number of halogens is 1. The van der Waals surface area contributed by atoms with Crippen LogP contribution in [0.1, 0.15) is 34.0 Å². The minimum absolute atomic E-state index is 0.0611. The molecular weight excluding hydrogens is 338 g/mol. The van der Waals surface area contributed by atoms with Gasteiger partial charge in [-0.3, -0.25) is 4.79 Å². The van der Waals surface area contributed by atoms with E-state index in [1.165, 1.54) is 5.56 Å². The maximum Gasteiger partial charge on any atom is 0.270 e. The van der Waals surface area contributed by atoms with Gasteiger partial charge in [0.05, 0.1) is 13.2 Å². The Balaban J connectivity index is 1.75. The second kappa shape index (κ2) is 6.73. The molecule has 1 unspecified atom stereocenters. The molecule has 6 heteroatoms. The summed E-state index contributed by atoms with van der Waals surface area (Å²) in [5.74, 6) is 1.26. The van der Waals surface area contributed by atoms with Crippen molar-refractivity contribution in [2.75, 3.05) is 44.8 Å². The fraction of sp³-hybridized carbons (Fsp3) is 0.421. The van der Waals surface area contributed by atoms with Crippen LogP contribution in [0.4, 0.5) is 5.82 Å². The third kappa shape index (κ3) is 3.14. The maximum atomic E-state index is 12.8. The molecular formula is C19H22ClN3O2. The zero-order valence-corrected chi connectivity index (χ0v) is 15.1. The van der Waals surface area contributed by atoms with Crippen LogP contribution in [0.3, 0.4) is 0 Å². The Morgan fingerprint density at radius 1 is 1.16 bits per heavy atom. The van der Waals surface area contributed by atoms with Crippen LogP contribution < -0.4 is 4.90 Å². The SMILES string of the molecule is CN1CCC(c2ccc(Cl)cc2)c2cc(N3CCOCC3)[nH]c2C1=O. The summed E-state index contributed by atoms with van der Waals surface area (Å²) in [4.78, 5) is 20.2. The number of nitrogens with zero attached hydrogens (tertiary/aromatic N) is 2. The Bertz CT molecular complexity index is 765. The van der Waals surface area contributed by atoms with Crippen molar-refractivity contribution in [1.29, 1.82) is 0 Å². The molecule has 1 aromatic heterocycles. The molecule has 2 aliphatic rings. The number of ether oxygens (including phenoxy) is 1. The lowest BCUT2D eigenvalue weighted by Crippen LogP contribution is -2.36. The Kier molecular flexibility index (Phi) is 4.44. The summed E-state index contributed by atoms with van der Waals surface area (Å²) in [5.41, 5.74) is 2.99. The van der Waals surface area contributed by atoms with Crippen LogP contribution in [0.25, 0.3) is 0 Å². The molecule has 1 atom stereocenters. The predicted octanol–water partition coefficient (Wildman–Crippen LogP) is 3.11. The number of anilines is 1. The molecule has 0 aliphatic carbocycles. The lowest BCUT2D eigenvalue weighted by atomic mass is 9.89. The molecule has 1 saturated heterocycles. The van der Waals surface area contributed by atoms with Crippen molar-refractivity contribution in [3.05, 3.63) is 52.2 Å². The average molecular weight is 360 g/mol. The zero-order valence-electron chi connectivity index (χ0n) is 14.3. The molecule has 1 aromatic carbocycles. The second-order valence-electron chi connectivity index (χ2n) is 6.70. The van der Waals surface area contributed by atoms with Gasteiger partial charge in [0, 0.05) is 37.6 Å². The minimum Gasteiger partial charge on any atom is -0.378 e. The van der Waals surface area contributed by atoms with Crippen molar-refractivity contribution >= 4 is 23.3 Å². The third-order valence-electron chi connectivity index (χ3n) is 5.15. The highest BCUT2D eigenvalue weighted by molar-refractivity contribution is 6.30. The van der Waals surface area contributed by atoms with E-state index in [1.54, 1.807) is 4.90 Å². The predicted molar refractivity (Wildman–Crippen MR) is 98.7 cm³/mol. The second-order valence-corrected chi connectivity index (χ2v) is 7.14. The number of rotatable bonds is 2. The van der Waals surface area contributed by atoms with Crippen molar-refractivity contribution in [1.82, 2.24) is 9.88 Å². The number of nitrogens with one attached hydrogen (secondary N) is 1. The standard InChI is InChI=1S/C19H22ClN3O2/c1-22-7-6-15(13-2-4-14(20)5-3-13)16-12-17(21-18(16)19(22)24)23-8-10-25-11-9-23/h2-5,12,15,21H,6-11H2,1H3. The monoisotopic (exact) mass is 359 g/mol. The summed E-state index contributed by atoms with van der Waals surface area (Å²) in [5, 5.41) is 0.730. The van der Waals surface area contributed by atoms with Crippen molar-refractivity contribution < 1.29 is 9.53 Å². The number of carbonyl (C=O) groups is 1. The van der Waals surface area contributed by atoms with Gasteiger partial charge in [-0.05, 0) is 35.7 Å². The topological polar surface area (TPSA) is 48.6 Å². The first-order valence-corrected chi connectivity index (χ1v) is 9.08. The highest BCUT2D eigenvalue weighted by Gasteiger charge is 2.30. The van der Waals surface area contributed by atoms with Crippen LogP contribution in [0.2, 0.25) is 5.02 Å². The van der Waals surface area contributed by atoms with E-state index in [1.807, 2.05) is 19.2 Å². The number of carbonyl (C=O) groups excluding carboxylic acids is 1. The third-order valence-corrected chi connectivity index (χ3v) is 5.40. The average Bonchev–Trinajstić information content (AvgIpc) is 3.04. The van der Waals surface area contributed by atoms with Gasteiger partial charge in [-0.2, -0.15) is 0 Å². The Morgan fingerprint density at radius 2 is 1.88 bits per heavy atom. The first kappa shape index (κ1) is 16.5. The Labute approximate surface area is 152 Å². The Morgan fingerprint density at radius 3 is 2.60 bits per heavy atom. The van der Waals surface area contributed by atoms with Crippen LogP contribution in [-0.4, -0.2) is 55.7 Å². The fourth-order valence-corrected chi connectivity index (χ4v) is 3.82. The van der Waals surface area contributed by atoms with Gasteiger partial charge >= 0.3 is 0 Å². The minimum atomic E-state index is 0.0611. The lowest BCUT2D eigenvalue weighted by molar-refractivity contribution is 0.0794. The summed E-state index contributed by atoms with van der Waals surface area (Å²) >= 11 is 6.05. The molecule has 0 radical (unpaired) electrons. The van der Waals surface area contributed by atoms with Gasteiger partial charge in [-0.15, -0.1) is 0 Å². The molecule has 2 aromatic rings. The largest absolute Gasteiger partial charge is 0.378 e. The van der Waals surface area contributed by atoms with E-state index < -0.39 is 0 Å². The summed E-state index contributed by atoms with van der Waals surface area (Å²) in [6.07, 6.45) is 0.900.